The van der Waals surface area contributed by atoms with E-state index in [9.17, 15) is 34.8 Å². The second kappa shape index (κ2) is 9.60. The maximum Gasteiger partial charge on any atom is 0.255 e. The van der Waals surface area contributed by atoms with E-state index in [1.54, 1.807) is 25.1 Å². The van der Waals surface area contributed by atoms with Gasteiger partial charge in [0.1, 0.15) is 22.8 Å². The second-order valence-corrected chi connectivity index (χ2v) is 11.9. The van der Waals surface area contributed by atoms with Crippen LogP contribution in [0.1, 0.15) is 47.7 Å². The van der Waals surface area contributed by atoms with Crippen molar-refractivity contribution in [2.24, 2.45) is 17.6 Å². The quantitative estimate of drug-likeness (QED) is 0.309. The van der Waals surface area contributed by atoms with Crippen LogP contribution in [-0.4, -0.2) is 100 Å². The van der Waals surface area contributed by atoms with Gasteiger partial charge in [-0.2, -0.15) is 0 Å². The number of nitrogens with two attached hydrogens (primary N) is 1. The van der Waals surface area contributed by atoms with Gasteiger partial charge in [0.25, 0.3) is 5.91 Å². The Bertz CT molecular complexity index is 1380. The molecule has 0 radical (unpaired) electrons. The molecule has 11 nitrogen and oxygen atoms in total. The number of hydrogen-bond donors (Lipinski definition) is 5. The number of fused-ring (bicyclic) bond motifs is 3. The third kappa shape index (κ3) is 3.93. The molecule has 0 aromatic heterocycles. The number of allylic oxidation sites excluding steroid dienone is 1. The zero-order valence-electron chi connectivity index (χ0n) is 23.6. The number of ketones is 2. The number of aromatic hydroxyl groups is 1. The monoisotopic (exact) mass is 554 g/mol. The molecule has 0 unspecified atom stereocenters. The number of likely N-dealkylation sites (N-methyl/N-ethyl adjacent to an activating group) is 1. The number of phenols is 1. The summed E-state index contributed by atoms with van der Waals surface area (Å²) in [6.07, 6.45) is 2.58. The Balaban J connectivity index is 1.68. The van der Waals surface area contributed by atoms with Gasteiger partial charge in [-0.05, 0) is 69.4 Å². The molecule has 1 aromatic rings. The summed E-state index contributed by atoms with van der Waals surface area (Å²) < 4.78 is 0. The number of primary amides is 1. The third-order valence-electron chi connectivity index (χ3n) is 9.06. The Hall–Kier alpha value is -3.41. The molecule has 5 rings (SSSR count). The first-order chi connectivity index (χ1) is 18.7. The summed E-state index contributed by atoms with van der Waals surface area (Å²) in [7, 11) is 6.99. The summed E-state index contributed by atoms with van der Waals surface area (Å²) in [6, 6.07) is 1.07. The number of nitrogens with zero attached hydrogens (tertiary/aromatic N) is 3. The van der Waals surface area contributed by atoms with E-state index in [1.807, 2.05) is 19.0 Å². The van der Waals surface area contributed by atoms with E-state index < -0.39 is 58.0 Å². The molecule has 40 heavy (non-hydrogen) atoms. The molecule has 0 aliphatic heterocycles. The summed E-state index contributed by atoms with van der Waals surface area (Å²) in [6.45, 7) is 3.55. The minimum absolute atomic E-state index is 0.0303. The van der Waals surface area contributed by atoms with Gasteiger partial charge in [0.2, 0.25) is 5.78 Å². The van der Waals surface area contributed by atoms with Crippen molar-refractivity contribution < 1.29 is 34.8 Å². The molecule has 0 bridgehead atoms. The third-order valence-corrected chi connectivity index (χ3v) is 9.06. The zero-order chi connectivity index (χ0) is 29.4. The highest BCUT2D eigenvalue weighted by atomic mass is 16.3. The van der Waals surface area contributed by atoms with E-state index in [0.29, 0.717) is 18.2 Å². The Labute approximate surface area is 233 Å². The lowest BCUT2D eigenvalue weighted by Gasteiger charge is -2.50. The fourth-order valence-corrected chi connectivity index (χ4v) is 7.21. The first kappa shape index (κ1) is 28.1. The number of benzene rings is 1. The van der Waals surface area contributed by atoms with Crippen molar-refractivity contribution in [2.45, 2.75) is 56.8 Å². The van der Waals surface area contributed by atoms with E-state index in [0.717, 1.165) is 30.6 Å². The van der Waals surface area contributed by atoms with Crippen LogP contribution in [-0.2, 0) is 22.6 Å². The minimum atomic E-state index is -2.64. The molecule has 4 atom stereocenters. The molecular formula is C29H38N4O7. The van der Waals surface area contributed by atoms with Gasteiger partial charge in [-0.25, -0.2) is 0 Å². The van der Waals surface area contributed by atoms with Crippen molar-refractivity contribution >= 4 is 23.2 Å². The summed E-state index contributed by atoms with van der Waals surface area (Å²) in [5, 5.41) is 45.3. The summed E-state index contributed by atoms with van der Waals surface area (Å²) in [5.74, 6) is -6.47. The Morgan fingerprint density at radius 3 is 2.30 bits per heavy atom. The summed E-state index contributed by atoms with van der Waals surface area (Å²) in [5.41, 5.74) is 4.17. The number of aliphatic hydroxyl groups is 3. The smallest absolute Gasteiger partial charge is 0.255 e. The number of hydrogen-bond acceptors (Lipinski definition) is 10. The minimum Gasteiger partial charge on any atom is -0.510 e. The van der Waals surface area contributed by atoms with Gasteiger partial charge in [0, 0.05) is 43.9 Å². The van der Waals surface area contributed by atoms with Crippen LogP contribution >= 0.6 is 0 Å². The molecule has 0 heterocycles. The van der Waals surface area contributed by atoms with Crippen molar-refractivity contribution in [3.05, 3.63) is 45.4 Å². The molecule has 1 fully saturated rings. The molecule has 0 spiro atoms. The molecule has 6 N–H and O–H groups in total. The van der Waals surface area contributed by atoms with Gasteiger partial charge < -0.3 is 31.1 Å². The van der Waals surface area contributed by atoms with Crippen LogP contribution in [0.3, 0.4) is 0 Å². The van der Waals surface area contributed by atoms with Gasteiger partial charge in [-0.3, -0.25) is 24.2 Å². The van der Waals surface area contributed by atoms with Crippen LogP contribution in [0.25, 0.3) is 0 Å². The lowest BCUT2D eigenvalue weighted by atomic mass is 9.58. The van der Waals surface area contributed by atoms with Crippen molar-refractivity contribution in [1.82, 2.24) is 9.80 Å². The number of amides is 1. The Morgan fingerprint density at radius 2 is 1.77 bits per heavy atom. The summed E-state index contributed by atoms with van der Waals surface area (Å²) >= 11 is 0. The predicted molar refractivity (Wildman–Crippen MR) is 147 cm³/mol. The van der Waals surface area contributed by atoms with Gasteiger partial charge in [-0.15, -0.1) is 0 Å². The first-order valence-corrected chi connectivity index (χ1v) is 13.7. The number of anilines is 1. The Kier molecular flexibility index (Phi) is 6.75. The van der Waals surface area contributed by atoms with Crippen molar-refractivity contribution in [3.63, 3.8) is 0 Å². The van der Waals surface area contributed by atoms with Crippen molar-refractivity contribution in [2.75, 3.05) is 39.6 Å². The van der Waals surface area contributed by atoms with Gasteiger partial charge >= 0.3 is 0 Å². The lowest BCUT2D eigenvalue weighted by molar-refractivity contribution is -0.148. The number of rotatable bonds is 7. The van der Waals surface area contributed by atoms with Gasteiger partial charge in [-0.1, -0.05) is 6.92 Å². The maximum absolute atomic E-state index is 14.0. The van der Waals surface area contributed by atoms with E-state index in [2.05, 4.69) is 11.8 Å². The highest BCUT2D eigenvalue weighted by molar-refractivity contribution is 6.24. The van der Waals surface area contributed by atoms with E-state index >= 15 is 0 Å². The predicted octanol–water partition coefficient (Wildman–Crippen LogP) is 1.17. The number of phenolic OH excluding ortho intramolecular Hbond substituents is 1. The van der Waals surface area contributed by atoms with Crippen LogP contribution in [0.4, 0.5) is 5.69 Å². The normalized spacial score (nSPS) is 28.1. The van der Waals surface area contributed by atoms with Crippen molar-refractivity contribution in [3.8, 4) is 5.75 Å². The molecule has 0 saturated heterocycles. The molecule has 4 aliphatic rings. The van der Waals surface area contributed by atoms with E-state index in [-0.39, 0.29) is 29.7 Å². The van der Waals surface area contributed by atoms with Crippen LogP contribution < -0.4 is 10.6 Å². The molecule has 1 aromatic carbocycles. The fourth-order valence-electron chi connectivity index (χ4n) is 7.21. The number of aliphatic hydroxyl groups excluding tert-OH is 2. The standard InChI is InChI=1S/C29H38N4O7/c1-6-33(15-7-8-15)12-14-11-18(34)20-16(22(14)31(2)3)9-13-10-17-23(32(4)5)25(36)21(28(30)39)27(38)29(17,40)26(37)19(13)24(20)35/h11,13,15,17,23,34,36-37,40H,6-10,12H2,1-5H3,(H2,30,39)/t13-,17-,23-,29-/m0/s1. The second-order valence-electron chi connectivity index (χ2n) is 11.9. The SMILES string of the molecule is CCN(Cc1cc(O)c2c(c1N(C)C)C[C@H]1C[C@H]3[C@H](N(C)C)C(O)=C(C(N)=O)C(=O)[C@@]3(O)C(O)=C1C2=O)C1CC1. The summed E-state index contributed by atoms with van der Waals surface area (Å²) in [4.78, 5) is 45.4. The van der Waals surface area contributed by atoms with E-state index in [4.69, 9.17) is 5.73 Å². The van der Waals surface area contributed by atoms with Crippen LogP contribution in [0.15, 0.2) is 28.7 Å². The highest BCUT2D eigenvalue weighted by Crippen LogP contribution is 2.53. The number of Topliss-reactive ketones (excluding diaryl/α,β-unsaturated/α-hetero) is 2. The Morgan fingerprint density at radius 1 is 1.12 bits per heavy atom. The largest absolute Gasteiger partial charge is 0.510 e. The molecule has 11 heteroatoms. The first-order valence-electron chi connectivity index (χ1n) is 13.7. The van der Waals surface area contributed by atoms with Gasteiger partial charge in [0.05, 0.1) is 11.6 Å². The van der Waals surface area contributed by atoms with Crippen molar-refractivity contribution in [1.29, 1.82) is 0 Å². The average Bonchev–Trinajstić information content (AvgIpc) is 3.69. The molecular weight excluding hydrogens is 516 g/mol. The molecule has 216 valence electrons. The molecule has 1 saturated carbocycles. The fraction of sp³-hybridized carbons (Fsp3) is 0.552. The van der Waals surface area contributed by atoms with Gasteiger partial charge in [0.15, 0.2) is 11.4 Å². The molecule has 1 amide bonds. The number of carbonyl (C=O) groups excluding carboxylic acids is 3. The van der Waals surface area contributed by atoms with E-state index in [1.165, 1.54) is 0 Å². The number of carbonyl (C=O) groups is 3. The highest BCUT2D eigenvalue weighted by Gasteiger charge is 2.63. The van der Waals surface area contributed by atoms with Crippen LogP contribution in [0.2, 0.25) is 0 Å². The zero-order valence-corrected chi connectivity index (χ0v) is 23.6. The van der Waals surface area contributed by atoms with Crippen LogP contribution in [0.5, 0.6) is 5.75 Å². The average molecular weight is 555 g/mol. The van der Waals surface area contributed by atoms with Crippen LogP contribution in [0, 0.1) is 11.8 Å². The lowest BCUT2D eigenvalue weighted by Crippen LogP contribution is -2.63. The maximum atomic E-state index is 14.0. The molecule has 4 aliphatic carbocycles. The topological polar surface area (TPSA) is 168 Å².